The van der Waals surface area contributed by atoms with E-state index in [4.69, 9.17) is 27.8 Å². The smallest absolute Gasteiger partial charge is 0.296 e. The summed E-state index contributed by atoms with van der Waals surface area (Å²) >= 11 is 6.33. The minimum atomic E-state index is -0.547. The van der Waals surface area contributed by atoms with Gasteiger partial charge in [-0.25, -0.2) is 0 Å². The number of aromatic nitrogens is 1. The van der Waals surface area contributed by atoms with Gasteiger partial charge in [0.05, 0.1) is 10.5 Å². The highest BCUT2D eigenvalue weighted by atomic mass is 35.5. The third-order valence-corrected chi connectivity index (χ3v) is 4.53. The fourth-order valence-electron chi connectivity index (χ4n) is 3.02. The largest absolute Gasteiger partial charge is 0.455 e. The number of carbonyl (C=O) groups is 1. The summed E-state index contributed by atoms with van der Waals surface area (Å²) in [5, 5.41) is 1.18. The number of hydrogen-bond donors (Lipinski definition) is 2. The third-order valence-electron chi connectivity index (χ3n) is 4.20. The number of rotatable bonds is 5. The number of benzene rings is 2. The molecule has 1 heterocycles. The zero-order valence-corrected chi connectivity index (χ0v) is 16.7. The second-order valence-electron chi connectivity index (χ2n) is 6.72. The molecule has 0 saturated heterocycles. The van der Waals surface area contributed by atoms with Crippen LogP contribution in [0.1, 0.15) is 16.1 Å². The first-order valence-electron chi connectivity index (χ1n) is 8.59. The number of fused-ring (bicyclic) bond motifs is 1. The number of guanidine groups is 1. The molecular formula is C20H22ClN5O2. The molecule has 1 amide bonds. The fourth-order valence-corrected chi connectivity index (χ4v) is 3.22. The van der Waals surface area contributed by atoms with Crippen LogP contribution >= 0.6 is 11.6 Å². The van der Waals surface area contributed by atoms with Crippen LogP contribution in [-0.2, 0) is 13.6 Å². The average Bonchev–Trinajstić information content (AvgIpc) is 2.97. The second kappa shape index (κ2) is 7.92. The van der Waals surface area contributed by atoms with E-state index in [1.54, 1.807) is 29.8 Å². The summed E-state index contributed by atoms with van der Waals surface area (Å²) < 4.78 is 7.74. The molecule has 28 heavy (non-hydrogen) atoms. The van der Waals surface area contributed by atoms with Crippen molar-refractivity contribution < 1.29 is 9.53 Å². The standard InChI is InChI=1S/C20H22ClN5O2/c1-25(2)11-12-4-6-13(7-5-12)28-17-9-8-15(21)14-10-16(26(3)18(14)17)19(27)24-20(22)23/h4-10H,11H2,1-3H3,(H4,22,23,24,27). The van der Waals surface area contributed by atoms with Gasteiger partial charge >= 0.3 is 0 Å². The first kappa shape index (κ1) is 19.7. The lowest BCUT2D eigenvalue weighted by Crippen LogP contribution is -2.24. The normalized spacial score (nSPS) is 11.0. The van der Waals surface area contributed by atoms with Crippen molar-refractivity contribution in [3.63, 3.8) is 0 Å². The quantitative estimate of drug-likeness (QED) is 0.507. The number of aliphatic imine (C=N–C) groups is 1. The molecule has 7 nitrogen and oxygen atoms in total. The Bertz CT molecular complexity index is 1050. The molecule has 0 atom stereocenters. The average molecular weight is 400 g/mol. The minimum absolute atomic E-state index is 0.296. The molecule has 0 radical (unpaired) electrons. The Kier molecular flexibility index (Phi) is 5.58. The number of ether oxygens (including phenoxy) is 1. The van der Waals surface area contributed by atoms with Crippen molar-refractivity contribution in [3.05, 3.63) is 58.7 Å². The predicted octanol–water partition coefficient (Wildman–Crippen LogP) is 3.10. The molecule has 146 valence electrons. The van der Waals surface area contributed by atoms with Gasteiger partial charge in [0.15, 0.2) is 11.7 Å². The first-order valence-corrected chi connectivity index (χ1v) is 8.97. The molecule has 3 rings (SSSR count). The van der Waals surface area contributed by atoms with E-state index in [9.17, 15) is 4.79 Å². The van der Waals surface area contributed by atoms with Crippen molar-refractivity contribution in [2.45, 2.75) is 6.54 Å². The molecule has 8 heteroatoms. The molecule has 0 spiro atoms. The van der Waals surface area contributed by atoms with E-state index < -0.39 is 5.91 Å². The number of carbonyl (C=O) groups excluding carboxylic acids is 1. The van der Waals surface area contributed by atoms with Crippen LogP contribution in [-0.4, -0.2) is 35.4 Å². The van der Waals surface area contributed by atoms with Gasteiger partial charge in [-0.1, -0.05) is 23.7 Å². The van der Waals surface area contributed by atoms with Crippen molar-refractivity contribution in [1.82, 2.24) is 9.47 Å². The molecule has 0 aliphatic rings. The molecule has 0 aliphatic heterocycles. The molecule has 4 N–H and O–H groups in total. The summed E-state index contributed by atoms with van der Waals surface area (Å²) in [6, 6.07) is 13.0. The van der Waals surface area contributed by atoms with Gasteiger partial charge in [-0.2, -0.15) is 4.99 Å². The summed E-state index contributed by atoms with van der Waals surface area (Å²) in [4.78, 5) is 18.0. The summed E-state index contributed by atoms with van der Waals surface area (Å²) in [5.74, 6) is 0.417. The monoisotopic (exact) mass is 399 g/mol. The molecule has 0 aliphatic carbocycles. The topological polar surface area (TPSA) is 98.9 Å². The molecule has 3 aromatic rings. The zero-order valence-electron chi connectivity index (χ0n) is 15.9. The highest BCUT2D eigenvalue weighted by Crippen LogP contribution is 2.36. The Hall–Kier alpha value is -3.03. The van der Waals surface area contributed by atoms with E-state index in [0.29, 0.717) is 33.1 Å². The Morgan fingerprint density at radius 2 is 1.86 bits per heavy atom. The zero-order chi connectivity index (χ0) is 20.4. The Morgan fingerprint density at radius 3 is 2.46 bits per heavy atom. The van der Waals surface area contributed by atoms with Crippen molar-refractivity contribution in [2.75, 3.05) is 14.1 Å². The van der Waals surface area contributed by atoms with E-state index in [-0.39, 0.29) is 5.96 Å². The summed E-state index contributed by atoms with van der Waals surface area (Å²) in [5.41, 5.74) is 12.8. The second-order valence-corrected chi connectivity index (χ2v) is 7.13. The Balaban J connectivity index is 2.00. The molecule has 0 unspecified atom stereocenters. The SMILES string of the molecule is CN(C)Cc1ccc(Oc2ccc(Cl)c3cc(C(=O)N=C(N)N)n(C)c23)cc1. The molecular weight excluding hydrogens is 378 g/mol. The lowest BCUT2D eigenvalue weighted by atomic mass is 10.2. The van der Waals surface area contributed by atoms with Crippen LogP contribution in [0.25, 0.3) is 10.9 Å². The summed E-state index contributed by atoms with van der Waals surface area (Å²) in [6.45, 7) is 0.847. The summed E-state index contributed by atoms with van der Waals surface area (Å²) in [6.07, 6.45) is 0. The van der Waals surface area contributed by atoms with Crippen molar-refractivity contribution in [3.8, 4) is 11.5 Å². The van der Waals surface area contributed by atoms with Crippen molar-refractivity contribution >= 4 is 34.4 Å². The molecule has 0 bridgehead atoms. The van der Waals surface area contributed by atoms with Gasteiger partial charge in [0, 0.05) is 19.0 Å². The van der Waals surface area contributed by atoms with Gasteiger partial charge in [0.25, 0.3) is 5.91 Å². The van der Waals surface area contributed by atoms with E-state index in [2.05, 4.69) is 9.89 Å². The number of aryl methyl sites for hydroxylation is 1. The van der Waals surface area contributed by atoms with Crippen molar-refractivity contribution in [2.24, 2.45) is 23.5 Å². The van der Waals surface area contributed by atoms with Crippen LogP contribution in [0.3, 0.4) is 0 Å². The van der Waals surface area contributed by atoms with Crippen LogP contribution in [0.2, 0.25) is 5.02 Å². The third kappa shape index (κ3) is 4.11. The highest BCUT2D eigenvalue weighted by Gasteiger charge is 2.18. The molecule has 2 aromatic carbocycles. The van der Waals surface area contributed by atoms with Gasteiger partial charge < -0.3 is 25.7 Å². The molecule has 0 fully saturated rings. The molecule has 0 saturated carbocycles. The maximum absolute atomic E-state index is 12.3. The van der Waals surface area contributed by atoms with E-state index in [1.165, 1.54) is 5.56 Å². The highest BCUT2D eigenvalue weighted by molar-refractivity contribution is 6.36. The van der Waals surface area contributed by atoms with Crippen LogP contribution in [0.5, 0.6) is 11.5 Å². The van der Waals surface area contributed by atoms with Gasteiger partial charge in [-0.15, -0.1) is 0 Å². The number of nitrogens with two attached hydrogens (primary N) is 2. The fraction of sp³-hybridized carbons (Fsp3) is 0.200. The Morgan fingerprint density at radius 1 is 1.18 bits per heavy atom. The Labute approximate surface area is 168 Å². The van der Waals surface area contributed by atoms with Gasteiger partial charge in [-0.3, -0.25) is 4.79 Å². The van der Waals surface area contributed by atoms with Gasteiger partial charge in [0.2, 0.25) is 0 Å². The maximum atomic E-state index is 12.3. The van der Waals surface area contributed by atoms with Crippen LogP contribution in [0.15, 0.2) is 47.5 Å². The number of amides is 1. The van der Waals surface area contributed by atoms with Gasteiger partial charge in [-0.05, 0) is 50.0 Å². The maximum Gasteiger partial charge on any atom is 0.296 e. The first-order chi connectivity index (χ1) is 13.3. The summed E-state index contributed by atoms with van der Waals surface area (Å²) in [7, 11) is 5.78. The lowest BCUT2D eigenvalue weighted by Gasteiger charge is -2.12. The van der Waals surface area contributed by atoms with E-state index in [0.717, 1.165) is 6.54 Å². The minimum Gasteiger partial charge on any atom is -0.455 e. The van der Waals surface area contributed by atoms with E-state index in [1.807, 2.05) is 38.4 Å². The van der Waals surface area contributed by atoms with Crippen LogP contribution in [0.4, 0.5) is 0 Å². The lowest BCUT2D eigenvalue weighted by molar-refractivity contribution is 0.0995. The number of hydrogen-bond acceptors (Lipinski definition) is 3. The van der Waals surface area contributed by atoms with Gasteiger partial charge in [0.1, 0.15) is 11.4 Å². The van der Waals surface area contributed by atoms with E-state index >= 15 is 0 Å². The van der Waals surface area contributed by atoms with Crippen LogP contribution < -0.4 is 16.2 Å². The van der Waals surface area contributed by atoms with Crippen LogP contribution in [0, 0.1) is 0 Å². The predicted molar refractivity (Wildman–Crippen MR) is 112 cm³/mol. The molecule has 1 aromatic heterocycles. The number of nitrogens with zero attached hydrogens (tertiary/aromatic N) is 3. The van der Waals surface area contributed by atoms with Crippen molar-refractivity contribution in [1.29, 1.82) is 0 Å². The number of halogens is 1.